The summed E-state index contributed by atoms with van der Waals surface area (Å²) >= 11 is 0. The third-order valence-electron chi connectivity index (χ3n) is 6.57. The summed E-state index contributed by atoms with van der Waals surface area (Å²) in [7, 11) is -4.08. The molecule has 0 unspecified atom stereocenters. The molecule has 0 radical (unpaired) electrons. The molecule has 3 aromatic carbocycles. The monoisotopic (exact) mass is 592 g/mol. The van der Waals surface area contributed by atoms with Crippen molar-refractivity contribution in [3.8, 4) is 0 Å². The van der Waals surface area contributed by atoms with Gasteiger partial charge in [0.25, 0.3) is 10.0 Å². The maximum Gasteiger partial charge on any atom is 0.408 e. The molecule has 3 aromatic rings. The standard InChI is InChI=1S/C29H32N6O6S/c30-28(31)34-42(39,40)23-15-13-22(14-16-23)32-26(36)25-12-7-17-35(25)27(37)24(18-20-8-3-1-4-9-20)33-29(38)41-19-21-10-5-2-6-11-21/h1-6,8-11,13-16,24-25H,7,12,17-19H2,(H,32,36)(H,33,38)(H4,30,31,34)/t24-,25+/m1/s1. The molecule has 1 heterocycles. The first-order valence-corrected chi connectivity index (χ1v) is 14.6. The molecule has 13 heteroatoms. The number of nitrogens with one attached hydrogen (secondary N) is 2. The van der Waals surface area contributed by atoms with Crippen LogP contribution < -0.4 is 22.1 Å². The second-order valence-corrected chi connectivity index (χ2v) is 11.2. The van der Waals surface area contributed by atoms with Crippen LogP contribution >= 0.6 is 0 Å². The highest BCUT2D eigenvalue weighted by Gasteiger charge is 2.38. The summed E-state index contributed by atoms with van der Waals surface area (Å²) in [6.07, 6.45) is 0.474. The van der Waals surface area contributed by atoms with Gasteiger partial charge in [0, 0.05) is 18.7 Å². The number of anilines is 1. The number of hydrogen-bond donors (Lipinski definition) is 4. The molecular formula is C29H32N6O6S. The van der Waals surface area contributed by atoms with E-state index in [0.717, 1.165) is 11.1 Å². The average molecular weight is 593 g/mol. The fourth-order valence-corrected chi connectivity index (χ4v) is 5.45. The van der Waals surface area contributed by atoms with Crippen LogP contribution in [0.2, 0.25) is 0 Å². The fraction of sp³-hybridized carbons (Fsp3) is 0.241. The lowest BCUT2D eigenvalue weighted by Crippen LogP contribution is -2.53. The Labute approximate surface area is 243 Å². The Bertz CT molecular complexity index is 1530. The second-order valence-electron chi connectivity index (χ2n) is 9.64. The van der Waals surface area contributed by atoms with Crippen molar-refractivity contribution in [1.29, 1.82) is 0 Å². The number of nitrogens with zero attached hydrogens (tertiary/aromatic N) is 2. The number of rotatable bonds is 10. The highest BCUT2D eigenvalue weighted by atomic mass is 32.2. The smallest absolute Gasteiger partial charge is 0.408 e. The van der Waals surface area contributed by atoms with Crippen molar-refractivity contribution in [3.05, 3.63) is 96.1 Å². The zero-order valence-electron chi connectivity index (χ0n) is 22.7. The quantitative estimate of drug-likeness (QED) is 0.204. The molecule has 1 aliphatic rings. The van der Waals surface area contributed by atoms with E-state index in [2.05, 4.69) is 15.0 Å². The van der Waals surface area contributed by atoms with Crippen LogP contribution in [-0.4, -0.2) is 55.8 Å². The third-order valence-corrected chi connectivity index (χ3v) is 7.89. The van der Waals surface area contributed by atoms with Crippen molar-refractivity contribution >= 4 is 39.6 Å². The van der Waals surface area contributed by atoms with E-state index in [1.54, 1.807) is 0 Å². The van der Waals surface area contributed by atoms with Gasteiger partial charge < -0.3 is 31.7 Å². The van der Waals surface area contributed by atoms with Gasteiger partial charge in [-0.25, -0.2) is 4.79 Å². The zero-order chi connectivity index (χ0) is 30.1. The van der Waals surface area contributed by atoms with Gasteiger partial charge in [0.05, 0.1) is 4.90 Å². The summed E-state index contributed by atoms with van der Waals surface area (Å²) in [5, 5.41) is 5.42. The third kappa shape index (κ3) is 8.07. The Kier molecular flexibility index (Phi) is 9.76. The zero-order valence-corrected chi connectivity index (χ0v) is 23.5. The molecule has 0 bridgehead atoms. The maximum absolute atomic E-state index is 13.7. The van der Waals surface area contributed by atoms with Crippen molar-refractivity contribution in [2.75, 3.05) is 11.9 Å². The second kappa shape index (κ2) is 13.6. The van der Waals surface area contributed by atoms with Crippen molar-refractivity contribution in [3.63, 3.8) is 0 Å². The molecule has 1 saturated heterocycles. The van der Waals surface area contributed by atoms with E-state index >= 15 is 0 Å². The van der Waals surface area contributed by atoms with Gasteiger partial charge >= 0.3 is 6.09 Å². The van der Waals surface area contributed by atoms with Crippen molar-refractivity contribution in [2.24, 2.45) is 15.9 Å². The Morgan fingerprint density at radius 1 is 0.929 bits per heavy atom. The first-order chi connectivity index (χ1) is 20.1. The number of carbonyl (C=O) groups excluding carboxylic acids is 3. The molecule has 4 rings (SSSR count). The minimum absolute atomic E-state index is 0.0414. The lowest BCUT2D eigenvalue weighted by atomic mass is 10.0. The molecule has 6 N–H and O–H groups in total. The van der Waals surface area contributed by atoms with E-state index in [0.29, 0.717) is 25.1 Å². The van der Waals surface area contributed by atoms with E-state index in [1.807, 2.05) is 60.7 Å². The number of sulfonamides is 1. The number of amides is 3. The molecule has 12 nitrogen and oxygen atoms in total. The summed E-state index contributed by atoms with van der Waals surface area (Å²) in [5.41, 5.74) is 12.3. The first-order valence-electron chi connectivity index (χ1n) is 13.2. The van der Waals surface area contributed by atoms with Gasteiger partial charge in [-0.05, 0) is 48.2 Å². The van der Waals surface area contributed by atoms with Gasteiger partial charge in [-0.15, -0.1) is 4.40 Å². The van der Waals surface area contributed by atoms with Crippen molar-refractivity contribution < 1.29 is 27.5 Å². The number of guanidine groups is 1. The van der Waals surface area contributed by atoms with Gasteiger partial charge in [0.15, 0.2) is 0 Å². The predicted octanol–water partition coefficient (Wildman–Crippen LogP) is 2.12. The van der Waals surface area contributed by atoms with Crippen LogP contribution in [0, 0.1) is 0 Å². The van der Waals surface area contributed by atoms with Gasteiger partial charge in [0.1, 0.15) is 18.7 Å². The van der Waals surface area contributed by atoms with Gasteiger partial charge in [0.2, 0.25) is 17.8 Å². The Morgan fingerprint density at radius 2 is 1.55 bits per heavy atom. The van der Waals surface area contributed by atoms with Crippen molar-refractivity contribution in [1.82, 2.24) is 10.2 Å². The van der Waals surface area contributed by atoms with Crippen LogP contribution in [-0.2, 0) is 37.4 Å². The number of likely N-dealkylation sites (tertiary alicyclic amines) is 1. The molecule has 42 heavy (non-hydrogen) atoms. The number of benzene rings is 3. The lowest BCUT2D eigenvalue weighted by Gasteiger charge is -2.28. The van der Waals surface area contributed by atoms with Crippen LogP contribution in [0.3, 0.4) is 0 Å². The number of hydrogen-bond acceptors (Lipinski definition) is 6. The van der Waals surface area contributed by atoms with E-state index in [1.165, 1.54) is 29.2 Å². The van der Waals surface area contributed by atoms with E-state index < -0.39 is 46.0 Å². The molecular weight excluding hydrogens is 560 g/mol. The minimum atomic E-state index is -4.08. The van der Waals surface area contributed by atoms with Gasteiger partial charge in [-0.2, -0.15) is 8.42 Å². The van der Waals surface area contributed by atoms with Crippen LogP contribution in [0.5, 0.6) is 0 Å². The summed E-state index contributed by atoms with van der Waals surface area (Å²) in [5.74, 6) is -1.44. The summed E-state index contributed by atoms with van der Waals surface area (Å²) in [4.78, 5) is 41.0. The Balaban J connectivity index is 1.45. The molecule has 3 amide bonds. The molecule has 1 fully saturated rings. The van der Waals surface area contributed by atoms with Crippen molar-refractivity contribution in [2.45, 2.75) is 42.8 Å². The van der Waals surface area contributed by atoms with E-state index in [9.17, 15) is 22.8 Å². The SMILES string of the molecule is NC(N)=NS(=O)(=O)c1ccc(NC(=O)[C@@H]2CCCN2C(=O)[C@@H](Cc2ccccc2)NC(=O)OCc2ccccc2)cc1. The maximum atomic E-state index is 13.7. The topological polar surface area (TPSA) is 186 Å². The molecule has 0 saturated carbocycles. The first kappa shape index (κ1) is 30.1. The summed E-state index contributed by atoms with van der Waals surface area (Å²) in [6, 6.07) is 22.0. The van der Waals surface area contributed by atoms with E-state index in [-0.39, 0.29) is 17.9 Å². The lowest BCUT2D eigenvalue weighted by molar-refractivity contribution is -0.138. The predicted molar refractivity (Wildman–Crippen MR) is 156 cm³/mol. The normalized spacial score (nSPS) is 15.3. The molecule has 220 valence electrons. The summed E-state index contributed by atoms with van der Waals surface area (Å²) in [6.45, 7) is 0.373. The number of ether oxygens (including phenoxy) is 1. The Hall–Kier alpha value is -4.91. The van der Waals surface area contributed by atoms with Crippen LogP contribution in [0.25, 0.3) is 0 Å². The molecule has 0 spiro atoms. The molecule has 2 atom stereocenters. The number of nitrogens with two attached hydrogens (primary N) is 2. The fourth-order valence-electron chi connectivity index (χ4n) is 4.59. The number of alkyl carbamates (subject to hydrolysis) is 1. The van der Waals surface area contributed by atoms with Crippen LogP contribution in [0.1, 0.15) is 24.0 Å². The molecule has 0 aliphatic carbocycles. The summed E-state index contributed by atoms with van der Waals surface area (Å²) < 4.78 is 32.9. The molecule has 0 aromatic heterocycles. The highest BCUT2D eigenvalue weighted by Crippen LogP contribution is 2.22. The van der Waals surface area contributed by atoms with E-state index in [4.69, 9.17) is 16.2 Å². The highest BCUT2D eigenvalue weighted by molar-refractivity contribution is 7.90. The minimum Gasteiger partial charge on any atom is -0.445 e. The van der Waals surface area contributed by atoms with Gasteiger partial charge in [-0.1, -0.05) is 60.7 Å². The van der Waals surface area contributed by atoms with Crippen LogP contribution in [0.15, 0.2) is 94.2 Å². The molecule has 1 aliphatic heterocycles. The average Bonchev–Trinajstić information content (AvgIpc) is 3.46. The van der Waals surface area contributed by atoms with Gasteiger partial charge in [-0.3, -0.25) is 9.59 Å². The number of carbonyl (C=O) groups is 3. The largest absolute Gasteiger partial charge is 0.445 e. The Morgan fingerprint density at radius 3 is 2.17 bits per heavy atom. The van der Waals surface area contributed by atoms with Crippen LogP contribution in [0.4, 0.5) is 10.5 Å².